The maximum atomic E-state index is 12.0. The number of rotatable bonds is 4. The number of hydrogen-bond donors (Lipinski definition) is 4. The predicted octanol–water partition coefficient (Wildman–Crippen LogP) is 2.76. The van der Waals surface area contributed by atoms with Crippen molar-refractivity contribution in [3.63, 3.8) is 0 Å². The van der Waals surface area contributed by atoms with Crippen LogP contribution in [0.3, 0.4) is 0 Å². The zero-order chi connectivity index (χ0) is 16.1. The van der Waals surface area contributed by atoms with Crippen LogP contribution in [0.2, 0.25) is 0 Å². The fourth-order valence-electron chi connectivity index (χ4n) is 1.86. The first-order valence-electron chi connectivity index (χ1n) is 6.35. The summed E-state index contributed by atoms with van der Waals surface area (Å²) in [6, 6.07) is 8.19. The Balaban J connectivity index is 2.14. The van der Waals surface area contributed by atoms with Crippen LogP contribution in [0.15, 0.2) is 36.4 Å². The number of aromatic hydroxyl groups is 2. The van der Waals surface area contributed by atoms with Gasteiger partial charge in [-0.1, -0.05) is 0 Å². The highest BCUT2D eigenvalue weighted by molar-refractivity contribution is 6.01. The van der Waals surface area contributed by atoms with Crippen LogP contribution in [0.1, 0.15) is 0 Å². The van der Waals surface area contributed by atoms with E-state index < -0.39 is 6.03 Å². The van der Waals surface area contributed by atoms with Crippen molar-refractivity contribution in [3.05, 3.63) is 36.4 Å². The number of carbonyl (C=O) groups is 1. The largest absolute Gasteiger partial charge is 0.508 e. The molecule has 0 bridgehead atoms. The Kier molecular flexibility index (Phi) is 4.57. The van der Waals surface area contributed by atoms with Gasteiger partial charge in [0.1, 0.15) is 23.0 Å². The number of carbonyl (C=O) groups excluding carboxylic acids is 1. The van der Waals surface area contributed by atoms with Gasteiger partial charge >= 0.3 is 6.03 Å². The molecule has 116 valence electrons. The fraction of sp³-hybridized carbons (Fsp3) is 0.133. The van der Waals surface area contributed by atoms with Gasteiger partial charge in [-0.25, -0.2) is 4.79 Å². The van der Waals surface area contributed by atoms with Gasteiger partial charge in [-0.2, -0.15) is 0 Å². The summed E-state index contributed by atoms with van der Waals surface area (Å²) < 4.78 is 10.2. The molecule has 4 N–H and O–H groups in total. The van der Waals surface area contributed by atoms with Crippen molar-refractivity contribution in [2.75, 3.05) is 24.9 Å². The van der Waals surface area contributed by atoms with Gasteiger partial charge in [0.25, 0.3) is 0 Å². The highest BCUT2D eigenvalue weighted by atomic mass is 16.5. The van der Waals surface area contributed by atoms with E-state index in [0.717, 1.165) is 6.07 Å². The fourth-order valence-corrected chi connectivity index (χ4v) is 1.86. The van der Waals surface area contributed by atoms with Crippen molar-refractivity contribution in [2.45, 2.75) is 0 Å². The number of nitrogens with one attached hydrogen (secondary N) is 2. The van der Waals surface area contributed by atoms with Gasteiger partial charge in [-0.3, -0.25) is 0 Å². The lowest BCUT2D eigenvalue weighted by Crippen LogP contribution is -2.19. The van der Waals surface area contributed by atoms with Gasteiger partial charge in [0.05, 0.1) is 19.9 Å². The molecule has 2 amide bonds. The lowest BCUT2D eigenvalue weighted by molar-refractivity contribution is 0.262. The van der Waals surface area contributed by atoms with E-state index in [-0.39, 0.29) is 17.2 Å². The summed E-state index contributed by atoms with van der Waals surface area (Å²) in [6.07, 6.45) is 0. The molecular weight excluding hydrogens is 288 g/mol. The molecule has 0 unspecified atom stereocenters. The third-order valence-corrected chi connectivity index (χ3v) is 2.82. The average Bonchev–Trinajstić information content (AvgIpc) is 2.45. The highest BCUT2D eigenvalue weighted by Crippen LogP contribution is 2.29. The first-order valence-corrected chi connectivity index (χ1v) is 6.35. The average molecular weight is 304 g/mol. The molecule has 22 heavy (non-hydrogen) atoms. The number of hydrogen-bond acceptors (Lipinski definition) is 5. The summed E-state index contributed by atoms with van der Waals surface area (Å²) in [6.45, 7) is 0. The lowest BCUT2D eigenvalue weighted by Gasteiger charge is -2.12. The minimum Gasteiger partial charge on any atom is -0.508 e. The van der Waals surface area contributed by atoms with Gasteiger partial charge < -0.3 is 30.3 Å². The van der Waals surface area contributed by atoms with Crippen LogP contribution >= 0.6 is 0 Å². The SMILES string of the molecule is COc1ccc(OC)c(NC(=O)Nc2cc(O)cc(O)c2)c1. The third kappa shape index (κ3) is 3.72. The van der Waals surface area contributed by atoms with Crippen molar-refractivity contribution in [3.8, 4) is 23.0 Å². The number of benzene rings is 2. The molecule has 0 aromatic heterocycles. The summed E-state index contributed by atoms with van der Waals surface area (Å²) in [7, 11) is 3.00. The second-order valence-electron chi connectivity index (χ2n) is 4.38. The Labute approximate surface area is 127 Å². The van der Waals surface area contributed by atoms with Crippen LogP contribution in [-0.4, -0.2) is 30.5 Å². The Bertz CT molecular complexity index is 667. The zero-order valence-electron chi connectivity index (χ0n) is 12.1. The van der Waals surface area contributed by atoms with Gasteiger partial charge in [0.15, 0.2) is 0 Å². The molecule has 0 spiro atoms. The van der Waals surface area contributed by atoms with Crippen LogP contribution in [0.4, 0.5) is 16.2 Å². The number of methoxy groups -OCH3 is 2. The molecule has 0 saturated heterocycles. The molecule has 0 heterocycles. The van der Waals surface area contributed by atoms with Crippen molar-refractivity contribution in [1.82, 2.24) is 0 Å². The van der Waals surface area contributed by atoms with E-state index >= 15 is 0 Å². The first kappa shape index (κ1) is 15.3. The minimum atomic E-state index is -0.559. The normalized spacial score (nSPS) is 9.91. The number of amides is 2. The van der Waals surface area contributed by atoms with E-state index in [9.17, 15) is 15.0 Å². The van der Waals surface area contributed by atoms with E-state index in [1.807, 2.05) is 0 Å². The van der Waals surface area contributed by atoms with Crippen molar-refractivity contribution in [1.29, 1.82) is 0 Å². The molecule has 2 aromatic carbocycles. The molecule has 0 atom stereocenters. The van der Waals surface area contributed by atoms with Gasteiger partial charge in [0, 0.05) is 30.0 Å². The molecular formula is C15H16N2O5. The monoisotopic (exact) mass is 304 g/mol. The second kappa shape index (κ2) is 6.57. The standard InChI is InChI=1S/C15H16N2O5/c1-21-12-3-4-14(22-2)13(8-12)17-15(20)16-9-5-10(18)7-11(19)6-9/h3-8,18-19H,1-2H3,(H2,16,17,20). The van der Waals surface area contributed by atoms with E-state index in [1.165, 1.54) is 26.4 Å². The minimum absolute atomic E-state index is 0.158. The summed E-state index contributed by atoms with van der Waals surface area (Å²) in [5.74, 6) is 0.712. The van der Waals surface area contributed by atoms with E-state index in [1.54, 1.807) is 18.2 Å². The quantitative estimate of drug-likeness (QED) is 0.696. The lowest BCUT2D eigenvalue weighted by atomic mass is 10.2. The number of phenols is 2. The molecule has 7 nitrogen and oxygen atoms in total. The maximum absolute atomic E-state index is 12.0. The van der Waals surface area contributed by atoms with Crippen LogP contribution in [0, 0.1) is 0 Å². The molecule has 0 aliphatic heterocycles. The maximum Gasteiger partial charge on any atom is 0.323 e. The van der Waals surface area contributed by atoms with Crippen LogP contribution in [0.25, 0.3) is 0 Å². The molecule has 0 fully saturated rings. The smallest absolute Gasteiger partial charge is 0.323 e. The number of urea groups is 1. The summed E-state index contributed by atoms with van der Waals surface area (Å²) >= 11 is 0. The van der Waals surface area contributed by atoms with Crippen molar-refractivity contribution in [2.24, 2.45) is 0 Å². The zero-order valence-corrected chi connectivity index (χ0v) is 12.1. The molecule has 2 rings (SSSR count). The molecule has 0 aliphatic carbocycles. The molecule has 0 radical (unpaired) electrons. The molecule has 0 saturated carbocycles. The molecule has 2 aromatic rings. The van der Waals surface area contributed by atoms with E-state index in [4.69, 9.17) is 9.47 Å². The number of phenolic OH excluding ortho intramolecular Hbond substituents is 2. The van der Waals surface area contributed by atoms with E-state index in [0.29, 0.717) is 17.2 Å². The Morgan fingerprint density at radius 3 is 2.23 bits per heavy atom. The Morgan fingerprint density at radius 1 is 0.955 bits per heavy atom. The van der Waals surface area contributed by atoms with Gasteiger partial charge in [-0.05, 0) is 12.1 Å². The second-order valence-corrected chi connectivity index (χ2v) is 4.38. The Hall–Kier alpha value is -3.09. The number of anilines is 2. The number of ether oxygens (including phenoxy) is 2. The highest BCUT2D eigenvalue weighted by Gasteiger charge is 2.10. The van der Waals surface area contributed by atoms with Gasteiger partial charge in [0.2, 0.25) is 0 Å². The third-order valence-electron chi connectivity index (χ3n) is 2.82. The first-order chi connectivity index (χ1) is 10.5. The van der Waals surface area contributed by atoms with Crippen LogP contribution < -0.4 is 20.1 Å². The topological polar surface area (TPSA) is 100 Å². The summed E-state index contributed by atoms with van der Waals surface area (Å²) in [5, 5.41) is 23.9. The van der Waals surface area contributed by atoms with Crippen LogP contribution in [-0.2, 0) is 0 Å². The molecule has 0 aliphatic rings. The summed E-state index contributed by atoms with van der Waals surface area (Å²) in [4.78, 5) is 12.0. The summed E-state index contributed by atoms with van der Waals surface area (Å²) in [5.41, 5.74) is 0.667. The Morgan fingerprint density at radius 2 is 1.64 bits per heavy atom. The van der Waals surface area contributed by atoms with Crippen molar-refractivity contribution < 1.29 is 24.5 Å². The van der Waals surface area contributed by atoms with E-state index in [2.05, 4.69) is 10.6 Å². The van der Waals surface area contributed by atoms with Crippen molar-refractivity contribution >= 4 is 17.4 Å². The van der Waals surface area contributed by atoms with Gasteiger partial charge in [-0.15, -0.1) is 0 Å². The molecule has 7 heteroatoms. The van der Waals surface area contributed by atoms with Crippen LogP contribution in [0.5, 0.6) is 23.0 Å². The predicted molar refractivity (Wildman–Crippen MR) is 82.0 cm³/mol.